The Morgan fingerprint density at radius 3 is 2.40 bits per heavy atom. The highest BCUT2D eigenvalue weighted by Gasteiger charge is 2.11. The van der Waals surface area contributed by atoms with Crippen molar-refractivity contribution in [2.75, 3.05) is 19.5 Å². The van der Waals surface area contributed by atoms with E-state index in [1.165, 1.54) is 0 Å². The van der Waals surface area contributed by atoms with E-state index < -0.39 is 0 Å². The molecule has 0 spiro atoms. The summed E-state index contributed by atoms with van der Waals surface area (Å²) in [4.78, 5) is 0. The minimum Gasteiger partial charge on any atom is -0.496 e. The van der Waals surface area contributed by atoms with Crippen molar-refractivity contribution in [1.29, 1.82) is 0 Å². The van der Waals surface area contributed by atoms with Gasteiger partial charge in [-0.15, -0.1) is 0 Å². The number of anilines is 1. The van der Waals surface area contributed by atoms with Gasteiger partial charge in [-0.25, -0.2) is 0 Å². The second-order valence-electron chi connectivity index (χ2n) is 4.46. The van der Waals surface area contributed by atoms with Gasteiger partial charge in [0.15, 0.2) is 0 Å². The molecule has 4 heteroatoms. The van der Waals surface area contributed by atoms with Crippen molar-refractivity contribution in [2.24, 2.45) is 0 Å². The quantitative estimate of drug-likeness (QED) is 0.878. The van der Waals surface area contributed by atoms with Gasteiger partial charge in [-0.1, -0.05) is 29.8 Å². The van der Waals surface area contributed by atoms with E-state index in [9.17, 15) is 0 Å². The molecule has 0 aliphatic rings. The Morgan fingerprint density at radius 1 is 1.00 bits per heavy atom. The first kappa shape index (κ1) is 14.5. The molecule has 3 nitrogen and oxygen atoms in total. The van der Waals surface area contributed by atoms with Crippen molar-refractivity contribution in [2.45, 2.75) is 13.0 Å². The third kappa shape index (κ3) is 3.17. The molecule has 2 aromatic rings. The fourth-order valence-electron chi connectivity index (χ4n) is 2.10. The zero-order valence-electron chi connectivity index (χ0n) is 11.8. The number of benzene rings is 2. The molecule has 0 amide bonds. The largest absolute Gasteiger partial charge is 0.496 e. The highest BCUT2D eigenvalue weighted by atomic mass is 35.5. The fourth-order valence-corrected chi connectivity index (χ4v) is 2.30. The molecule has 2 rings (SSSR count). The summed E-state index contributed by atoms with van der Waals surface area (Å²) in [7, 11) is 3.28. The average Bonchev–Trinajstić information content (AvgIpc) is 2.49. The lowest BCUT2D eigenvalue weighted by Crippen LogP contribution is -2.08. The van der Waals surface area contributed by atoms with Crippen LogP contribution in [0.4, 0.5) is 5.69 Å². The molecule has 1 atom stereocenters. The predicted octanol–water partition coefficient (Wildman–Crippen LogP) is 4.53. The van der Waals surface area contributed by atoms with Gasteiger partial charge in [0.2, 0.25) is 0 Å². The van der Waals surface area contributed by atoms with Crippen molar-refractivity contribution in [1.82, 2.24) is 0 Å². The molecule has 0 saturated heterocycles. The van der Waals surface area contributed by atoms with E-state index in [2.05, 4.69) is 12.2 Å². The summed E-state index contributed by atoms with van der Waals surface area (Å²) in [6, 6.07) is 13.7. The van der Waals surface area contributed by atoms with Gasteiger partial charge < -0.3 is 14.8 Å². The second-order valence-corrected chi connectivity index (χ2v) is 4.86. The van der Waals surface area contributed by atoms with Crippen LogP contribution in [-0.4, -0.2) is 14.2 Å². The summed E-state index contributed by atoms with van der Waals surface area (Å²) < 4.78 is 10.6. The summed E-state index contributed by atoms with van der Waals surface area (Å²) in [6.07, 6.45) is 0. The third-order valence-electron chi connectivity index (χ3n) is 3.14. The van der Waals surface area contributed by atoms with Gasteiger partial charge in [-0.2, -0.15) is 0 Å². The predicted molar refractivity (Wildman–Crippen MR) is 83.0 cm³/mol. The summed E-state index contributed by atoms with van der Waals surface area (Å²) in [5, 5.41) is 4.02. The normalized spacial score (nSPS) is 11.8. The highest BCUT2D eigenvalue weighted by Crippen LogP contribution is 2.31. The van der Waals surface area contributed by atoms with Gasteiger partial charge in [-0.3, -0.25) is 0 Å². The van der Waals surface area contributed by atoms with E-state index >= 15 is 0 Å². The van der Waals surface area contributed by atoms with Gasteiger partial charge in [0.1, 0.15) is 11.5 Å². The van der Waals surface area contributed by atoms with E-state index in [1.54, 1.807) is 14.2 Å². The van der Waals surface area contributed by atoms with Crippen LogP contribution >= 0.6 is 11.6 Å². The average molecular weight is 292 g/mol. The number of methoxy groups -OCH3 is 2. The monoisotopic (exact) mass is 291 g/mol. The topological polar surface area (TPSA) is 30.5 Å². The van der Waals surface area contributed by atoms with E-state index in [4.69, 9.17) is 21.1 Å². The minimum absolute atomic E-state index is 0.108. The molecule has 1 unspecified atom stereocenters. The van der Waals surface area contributed by atoms with Crippen molar-refractivity contribution < 1.29 is 9.47 Å². The van der Waals surface area contributed by atoms with Crippen molar-refractivity contribution in [3.63, 3.8) is 0 Å². The number of hydrogen-bond donors (Lipinski definition) is 1. The molecule has 1 N–H and O–H groups in total. The van der Waals surface area contributed by atoms with Crippen LogP contribution < -0.4 is 14.8 Å². The van der Waals surface area contributed by atoms with Crippen molar-refractivity contribution >= 4 is 17.3 Å². The first-order valence-electron chi connectivity index (χ1n) is 6.38. The van der Waals surface area contributed by atoms with E-state index in [-0.39, 0.29) is 6.04 Å². The maximum atomic E-state index is 6.02. The second kappa shape index (κ2) is 6.53. The fraction of sp³-hybridized carbons (Fsp3) is 0.250. The van der Waals surface area contributed by atoms with Gasteiger partial charge in [0, 0.05) is 17.3 Å². The van der Waals surface area contributed by atoms with E-state index in [0.29, 0.717) is 10.8 Å². The SMILES string of the molecule is COc1cc(NC(C)c2ccccc2OC)ccc1Cl. The van der Waals surface area contributed by atoms with Crippen LogP contribution in [0, 0.1) is 0 Å². The Hall–Kier alpha value is -1.87. The maximum absolute atomic E-state index is 6.02. The lowest BCUT2D eigenvalue weighted by molar-refractivity contribution is 0.408. The Bertz CT molecular complexity index is 586. The molecule has 0 aromatic heterocycles. The first-order chi connectivity index (χ1) is 9.65. The highest BCUT2D eigenvalue weighted by molar-refractivity contribution is 6.32. The van der Waals surface area contributed by atoms with Crippen LogP contribution in [-0.2, 0) is 0 Å². The van der Waals surface area contributed by atoms with Crippen molar-refractivity contribution in [3.8, 4) is 11.5 Å². The van der Waals surface area contributed by atoms with Crippen LogP contribution in [0.25, 0.3) is 0 Å². The molecule has 2 aromatic carbocycles. The standard InChI is InChI=1S/C16H18ClNO2/c1-11(13-6-4-5-7-15(13)19-2)18-12-8-9-14(17)16(10-12)20-3/h4-11,18H,1-3H3. The summed E-state index contributed by atoms with van der Waals surface area (Å²) in [5.74, 6) is 1.53. The lowest BCUT2D eigenvalue weighted by Gasteiger charge is -2.19. The lowest BCUT2D eigenvalue weighted by atomic mass is 10.1. The smallest absolute Gasteiger partial charge is 0.139 e. The number of rotatable bonds is 5. The zero-order valence-corrected chi connectivity index (χ0v) is 12.6. The number of hydrogen-bond acceptors (Lipinski definition) is 3. The van der Waals surface area contributed by atoms with Crippen molar-refractivity contribution in [3.05, 3.63) is 53.1 Å². The van der Waals surface area contributed by atoms with Crippen LogP contribution in [0.5, 0.6) is 11.5 Å². The number of ether oxygens (including phenoxy) is 2. The first-order valence-corrected chi connectivity index (χ1v) is 6.76. The summed E-state index contributed by atoms with van der Waals surface area (Å²) in [6.45, 7) is 2.08. The molecule has 0 radical (unpaired) electrons. The molecular formula is C16H18ClNO2. The zero-order chi connectivity index (χ0) is 14.5. The van der Waals surface area contributed by atoms with Crippen LogP contribution in [0.3, 0.4) is 0 Å². The molecular weight excluding hydrogens is 274 g/mol. The number of halogens is 1. The Morgan fingerprint density at radius 2 is 1.70 bits per heavy atom. The third-order valence-corrected chi connectivity index (χ3v) is 3.45. The van der Waals surface area contributed by atoms with E-state index in [0.717, 1.165) is 17.0 Å². The Balaban J connectivity index is 2.21. The number of para-hydroxylation sites is 1. The molecule has 0 aliphatic heterocycles. The number of nitrogens with one attached hydrogen (secondary N) is 1. The molecule has 20 heavy (non-hydrogen) atoms. The molecule has 0 fully saturated rings. The van der Waals surface area contributed by atoms with E-state index in [1.807, 2.05) is 42.5 Å². The molecule has 106 valence electrons. The molecule has 0 saturated carbocycles. The van der Waals surface area contributed by atoms with Gasteiger partial charge in [0.25, 0.3) is 0 Å². The Kier molecular flexibility index (Phi) is 4.74. The van der Waals surface area contributed by atoms with Crippen LogP contribution in [0.2, 0.25) is 5.02 Å². The minimum atomic E-state index is 0.108. The van der Waals surface area contributed by atoms with Gasteiger partial charge >= 0.3 is 0 Å². The Labute approximate surface area is 124 Å². The van der Waals surface area contributed by atoms with Gasteiger partial charge in [0.05, 0.1) is 25.3 Å². The maximum Gasteiger partial charge on any atom is 0.139 e. The van der Waals surface area contributed by atoms with Crippen LogP contribution in [0.1, 0.15) is 18.5 Å². The van der Waals surface area contributed by atoms with Gasteiger partial charge in [-0.05, 0) is 25.1 Å². The summed E-state index contributed by atoms with van der Waals surface area (Å²) in [5.41, 5.74) is 2.05. The van der Waals surface area contributed by atoms with Crippen LogP contribution in [0.15, 0.2) is 42.5 Å². The molecule has 0 heterocycles. The summed E-state index contributed by atoms with van der Waals surface area (Å²) >= 11 is 6.02. The molecule has 0 aliphatic carbocycles. The molecule has 0 bridgehead atoms.